The number of hydrogen-bond acceptors (Lipinski definition) is 3. The topological polar surface area (TPSA) is 50.4 Å². The fraction of sp³-hybridized carbons (Fsp3) is 0.136. The normalized spacial score (nSPS) is 10.3. The van der Waals surface area contributed by atoms with Crippen molar-refractivity contribution >= 4 is 23.0 Å². The fourth-order valence-electron chi connectivity index (χ4n) is 2.77. The maximum atomic E-state index is 12.6. The zero-order valence-electron chi connectivity index (χ0n) is 15.2. The van der Waals surface area contributed by atoms with Crippen LogP contribution in [0, 0.1) is 13.8 Å². The molecular formula is C22H22N2O2. The summed E-state index contributed by atoms with van der Waals surface area (Å²) in [6, 6.07) is 21.1. The number of methoxy groups -OCH3 is 1. The summed E-state index contributed by atoms with van der Waals surface area (Å²) < 4.78 is 5.25. The molecule has 0 heterocycles. The van der Waals surface area contributed by atoms with Gasteiger partial charge in [0.15, 0.2) is 0 Å². The lowest BCUT2D eigenvalue weighted by molar-refractivity contribution is 0.102. The zero-order chi connectivity index (χ0) is 18.5. The van der Waals surface area contributed by atoms with E-state index in [1.54, 1.807) is 7.11 Å². The molecule has 4 nitrogen and oxygen atoms in total. The lowest BCUT2D eigenvalue weighted by Gasteiger charge is -2.15. The van der Waals surface area contributed by atoms with Gasteiger partial charge in [-0.25, -0.2) is 0 Å². The van der Waals surface area contributed by atoms with Crippen molar-refractivity contribution in [2.24, 2.45) is 0 Å². The van der Waals surface area contributed by atoms with E-state index in [0.29, 0.717) is 5.56 Å². The Morgan fingerprint density at radius 3 is 2.19 bits per heavy atom. The molecular weight excluding hydrogens is 324 g/mol. The largest absolute Gasteiger partial charge is 0.497 e. The number of rotatable bonds is 5. The minimum Gasteiger partial charge on any atom is -0.497 e. The van der Waals surface area contributed by atoms with Gasteiger partial charge in [0.1, 0.15) is 5.75 Å². The van der Waals surface area contributed by atoms with E-state index in [1.165, 1.54) is 0 Å². The molecule has 3 rings (SSSR count). The Labute approximate surface area is 153 Å². The van der Waals surface area contributed by atoms with Gasteiger partial charge in [0.05, 0.1) is 18.5 Å². The summed E-state index contributed by atoms with van der Waals surface area (Å²) in [5.74, 6) is 0.693. The Kier molecular flexibility index (Phi) is 5.23. The van der Waals surface area contributed by atoms with Crippen molar-refractivity contribution in [1.29, 1.82) is 0 Å². The van der Waals surface area contributed by atoms with Crippen LogP contribution in [0.5, 0.6) is 5.75 Å². The molecule has 0 unspecified atom stereocenters. The third kappa shape index (κ3) is 3.86. The molecule has 132 valence electrons. The first-order chi connectivity index (χ1) is 12.6. The predicted octanol–water partition coefficient (Wildman–Crippen LogP) is 5.31. The number of carbonyl (C=O) groups excluding carboxylic acids is 1. The highest BCUT2D eigenvalue weighted by molar-refractivity contribution is 6.07. The molecule has 0 atom stereocenters. The summed E-state index contributed by atoms with van der Waals surface area (Å²) in [4.78, 5) is 12.6. The van der Waals surface area contributed by atoms with Crippen LogP contribution in [0.1, 0.15) is 21.5 Å². The van der Waals surface area contributed by atoms with Crippen LogP contribution in [-0.2, 0) is 0 Å². The average Bonchev–Trinajstić information content (AvgIpc) is 2.65. The number of carbonyl (C=O) groups is 1. The number of nitrogens with one attached hydrogen (secondary N) is 2. The van der Waals surface area contributed by atoms with Gasteiger partial charge >= 0.3 is 0 Å². The number of hydrogen-bond donors (Lipinski definition) is 2. The van der Waals surface area contributed by atoms with Gasteiger partial charge in [0.25, 0.3) is 5.91 Å². The minimum absolute atomic E-state index is 0.121. The number of amides is 1. The van der Waals surface area contributed by atoms with Crippen LogP contribution in [0.15, 0.2) is 66.7 Å². The zero-order valence-corrected chi connectivity index (χ0v) is 15.2. The molecule has 0 spiro atoms. The van der Waals surface area contributed by atoms with E-state index in [2.05, 4.69) is 10.6 Å². The molecule has 0 bridgehead atoms. The highest BCUT2D eigenvalue weighted by Crippen LogP contribution is 2.29. The van der Waals surface area contributed by atoms with E-state index in [0.717, 1.165) is 33.9 Å². The van der Waals surface area contributed by atoms with E-state index in [1.807, 2.05) is 80.6 Å². The Morgan fingerprint density at radius 1 is 0.808 bits per heavy atom. The number of aryl methyl sites for hydroxylation is 2. The number of anilines is 3. The van der Waals surface area contributed by atoms with Gasteiger partial charge in [0, 0.05) is 11.3 Å². The monoisotopic (exact) mass is 346 g/mol. The van der Waals surface area contributed by atoms with E-state index in [-0.39, 0.29) is 5.91 Å². The second-order valence-corrected chi connectivity index (χ2v) is 6.12. The highest BCUT2D eigenvalue weighted by atomic mass is 16.5. The van der Waals surface area contributed by atoms with Crippen molar-refractivity contribution in [1.82, 2.24) is 0 Å². The van der Waals surface area contributed by atoms with Crippen molar-refractivity contribution in [3.8, 4) is 5.75 Å². The van der Waals surface area contributed by atoms with Gasteiger partial charge in [-0.15, -0.1) is 0 Å². The molecule has 3 aromatic carbocycles. The molecule has 4 heteroatoms. The SMILES string of the molecule is COc1ccc(Nc2ccccc2NC(=O)c2ccccc2C)c(C)c1. The summed E-state index contributed by atoms with van der Waals surface area (Å²) in [6.45, 7) is 3.94. The van der Waals surface area contributed by atoms with Gasteiger partial charge in [-0.2, -0.15) is 0 Å². The first-order valence-corrected chi connectivity index (χ1v) is 8.46. The van der Waals surface area contributed by atoms with Gasteiger partial charge in [-0.1, -0.05) is 30.3 Å². The van der Waals surface area contributed by atoms with Crippen LogP contribution in [0.2, 0.25) is 0 Å². The number of para-hydroxylation sites is 2. The molecule has 26 heavy (non-hydrogen) atoms. The van der Waals surface area contributed by atoms with E-state index in [9.17, 15) is 4.79 Å². The quantitative estimate of drug-likeness (QED) is 0.658. The summed E-state index contributed by atoms with van der Waals surface area (Å²) in [5.41, 5.74) is 5.20. The Bertz CT molecular complexity index is 935. The van der Waals surface area contributed by atoms with Crippen LogP contribution in [0.25, 0.3) is 0 Å². The van der Waals surface area contributed by atoms with Gasteiger partial charge in [-0.05, 0) is 61.4 Å². The Morgan fingerprint density at radius 2 is 1.50 bits per heavy atom. The van der Waals surface area contributed by atoms with Crippen molar-refractivity contribution in [2.45, 2.75) is 13.8 Å². The third-order valence-corrected chi connectivity index (χ3v) is 4.27. The second-order valence-electron chi connectivity index (χ2n) is 6.12. The average molecular weight is 346 g/mol. The number of benzene rings is 3. The molecule has 0 radical (unpaired) electrons. The van der Waals surface area contributed by atoms with Crippen LogP contribution in [0.3, 0.4) is 0 Å². The van der Waals surface area contributed by atoms with Gasteiger partial charge in [0.2, 0.25) is 0 Å². The molecule has 0 fully saturated rings. The fourth-order valence-corrected chi connectivity index (χ4v) is 2.77. The van der Waals surface area contributed by atoms with Crippen molar-refractivity contribution < 1.29 is 9.53 Å². The Balaban J connectivity index is 1.85. The van der Waals surface area contributed by atoms with Crippen LogP contribution >= 0.6 is 0 Å². The molecule has 2 N–H and O–H groups in total. The molecule has 0 saturated heterocycles. The number of ether oxygens (including phenoxy) is 1. The van der Waals surface area contributed by atoms with Crippen LogP contribution in [-0.4, -0.2) is 13.0 Å². The van der Waals surface area contributed by atoms with Crippen LogP contribution < -0.4 is 15.4 Å². The molecule has 0 aliphatic heterocycles. The minimum atomic E-state index is -0.121. The summed E-state index contributed by atoms with van der Waals surface area (Å²) in [5, 5.41) is 6.40. The molecule has 0 aromatic heterocycles. The van der Waals surface area contributed by atoms with E-state index >= 15 is 0 Å². The Hall–Kier alpha value is -3.27. The summed E-state index contributed by atoms with van der Waals surface area (Å²) >= 11 is 0. The van der Waals surface area contributed by atoms with Gasteiger partial charge in [-0.3, -0.25) is 4.79 Å². The van der Waals surface area contributed by atoms with Crippen LogP contribution in [0.4, 0.5) is 17.1 Å². The maximum Gasteiger partial charge on any atom is 0.255 e. The molecule has 0 aliphatic rings. The molecule has 0 aliphatic carbocycles. The van der Waals surface area contributed by atoms with Crippen molar-refractivity contribution in [3.63, 3.8) is 0 Å². The standard InChI is InChI=1S/C22H22N2O2/c1-15-8-4-5-9-18(15)22(25)24-21-11-7-6-10-20(21)23-19-13-12-17(26-3)14-16(19)2/h4-14,23H,1-3H3,(H,24,25). The molecule has 1 amide bonds. The molecule has 3 aromatic rings. The molecule has 0 saturated carbocycles. The predicted molar refractivity (Wildman–Crippen MR) is 107 cm³/mol. The van der Waals surface area contributed by atoms with Crippen molar-refractivity contribution in [3.05, 3.63) is 83.4 Å². The lowest BCUT2D eigenvalue weighted by Crippen LogP contribution is -2.14. The third-order valence-electron chi connectivity index (χ3n) is 4.27. The summed E-state index contributed by atoms with van der Waals surface area (Å²) in [6.07, 6.45) is 0. The summed E-state index contributed by atoms with van der Waals surface area (Å²) in [7, 11) is 1.65. The highest BCUT2D eigenvalue weighted by Gasteiger charge is 2.11. The van der Waals surface area contributed by atoms with E-state index in [4.69, 9.17) is 4.74 Å². The van der Waals surface area contributed by atoms with E-state index < -0.39 is 0 Å². The first kappa shape index (κ1) is 17.5. The lowest BCUT2D eigenvalue weighted by atomic mass is 10.1. The van der Waals surface area contributed by atoms with Gasteiger partial charge < -0.3 is 15.4 Å². The maximum absolute atomic E-state index is 12.6. The van der Waals surface area contributed by atoms with Crippen molar-refractivity contribution in [2.75, 3.05) is 17.7 Å². The smallest absolute Gasteiger partial charge is 0.255 e. The second kappa shape index (κ2) is 7.74. The first-order valence-electron chi connectivity index (χ1n) is 8.46.